The zero-order valence-corrected chi connectivity index (χ0v) is 12.6. The summed E-state index contributed by atoms with van der Waals surface area (Å²) in [6.45, 7) is 1.99. The molecule has 1 rings (SSSR count). The standard InChI is InChI=1S/C14H22N4O4/c1-2-3-6-16-14(22)11(19)9-17-13(21)10-5-4-7-18(10)12(20)8-15/h2-3,10H,4-9,15H2,1H3,(H,16,22)(H,17,21)/b3-2+. The molecule has 0 spiro atoms. The summed E-state index contributed by atoms with van der Waals surface area (Å²) in [5.74, 6) is -2.21. The maximum atomic E-state index is 12.0. The second-order valence-electron chi connectivity index (χ2n) is 4.87. The first kappa shape index (κ1) is 17.8. The van der Waals surface area contributed by atoms with Crippen LogP contribution < -0.4 is 16.4 Å². The fourth-order valence-corrected chi connectivity index (χ4v) is 2.19. The summed E-state index contributed by atoms with van der Waals surface area (Å²) in [6.07, 6.45) is 4.68. The Balaban J connectivity index is 2.43. The molecule has 0 aliphatic carbocycles. The van der Waals surface area contributed by atoms with Crippen LogP contribution in [0.15, 0.2) is 12.2 Å². The van der Waals surface area contributed by atoms with E-state index in [9.17, 15) is 19.2 Å². The van der Waals surface area contributed by atoms with Gasteiger partial charge in [-0.15, -0.1) is 0 Å². The number of nitrogens with two attached hydrogens (primary N) is 1. The van der Waals surface area contributed by atoms with Gasteiger partial charge < -0.3 is 21.3 Å². The van der Waals surface area contributed by atoms with Gasteiger partial charge in [-0.2, -0.15) is 0 Å². The molecule has 4 N–H and O–H groups in total. The molecule has 1 aliphatic heterocycles. The van der Waals surface area contributed by atoms with Crippen LogP contribution in [0.3, 0.4) is 0 Å². The zero-order valence-electron chi connectivity index (χ0n) is 12.6. The van der Waals surface area contributed by atoms with Crippen molar-refractivity contribution in [2.24, 2.45) is 5.73 Å². The minimum Gasteiger partial charge on any atom is -0.347 e. The maximum Gasteiger partial charge on any atom is 0.289 e. The number of ketones is 1. The third kappa shape index (κ3) is 4.96. The van der Waals surface area contributed by atoms with E-state index >= 15 is 0 Å². The smallest absolute Gasteiger partial charge is 0.289 e. The number of nitrogens with one attached hydrogen (secondary N) is 2. The summed E-state index contributed by atoms with van der Waals surface area (Å²) >= 11 is 0. The van der Waals surface area contributed by atoms with Gasteiger partial charge in [-0.25, -0.2) is 0 Å². The van der Waals surface area contributed by atoms with Crippen LogP contribution in [-0.4, -0.2) is 60.6 Å². The van der Waals surface area contributed by atoms with E-state index in [0.717, 1.165) is 0 Å². The lowest BCUT2D eigenvalue weighted by Crippen LogP contribution is -2.49. The first-order valence-electron chi connectivity index (χ1n) is 7.20. The van der Waals surface area contributed by atoms with Crippen molar-refractivity contribution in [1.29, 1.82) is 0 Å². The van der Waals surface area contributed by atoms with E-state index in [1.165, 1.54) is 4.90 Å². The van der Waals surface area contributed by atoms with Crippen LogP contribution in [0.2, 0.25) is 0 Å². The molecule has 22 heavy (non-hydrogen) atoms. The fraction of sp³-hybridized carbons (Fsp3) is 0.571. The van der Waals surface area contributed by atoms with Gasteiger partial charge in [0.05, 0.1) is 13.1 Å². The number of carbonyl (C=O) groups is 4. The van der Waals surface area contributed by atoms with Crippen LogP contribution in [-0.2, 0) is 19.2 Å². The second kappa shape index (κ2) is 8.93. The highest BCUT2D eigenvalue weighted by Crippen LogP contribution is 2.17. The lowest BCUT2D eigenvalue weighted by Gasteiger charge is -2.23. The third-order valence-electron chi connectivity index (χ3n) is 3.34. The quantitative estimate of drug-likeness (QED) is 0.383. The van der Waals surface area contributed by atoms with Crippen molar-refractivity contribution in [2.45, 2.75) is 25.8 Å². The van der Waals surface area contributed by atoms with Crippen molar-refractivity contribution < 1.29 is 19.2 Å². The van der Waals surface area contributed by atoms with Gasteiger partial charge >= 0.3 is 0 Å². The predicted octanol–water partition coefficient (Wildman–Crippen LogP) is -1.69. The van der Waals surface area contributed by atoms with E-state index in [1.54, 1.807) is 19.1 Å². The number of rotatable bonds is 7. The Morgan fingerprint density at radius 3 is 2.64 bits per heavy atom. The molecule has 0 aromatic carbocycles. The first-order chi connectivity index (χ1) is 10.5. The molecule has 3 amide bonds. The molecule has 1 fully saturated rings. The van der Waals surface area contributed by atoms with Gasteiger partial charge in [-0.1, -0.05) is 12.2 Å². The summed E-state index contributed by atoms with van der Waals surface area (Å²) in [6, 6.07) is -0.616. The van der Waals surface area contributed by atoms with Gasteiger partial charge in [0.15, 0.2) is 0 Å². The predicted molar refractivity (Wildman–Crippen MR) is 79.6 cm³/mol. The summed E-state index contributed by atoms with van der Waals surface area (Å²) in [5.41, 5.74) is 5.30. The highest BCUT2D eigenvalue weighted by atomic mass is 16.2. The molecule has 1 atom stereocenters. The molecular weight excluding hydrogens is 288 g/mol. The lowest BCUT2D eigenvalue weighted by atomic mass is 10.2. The minimum absolute atomic E-state index is 0.157. The number of hydrogen-bond acceptors (Lipinski definition) is 5. The van der Waals surface area contributed by atoms with Crippen molar-refractivity contribution in [1.82, 2.24) is 15.5 Å². The normalized spacial score (nSPS) is 17.5. The van der Waals surface area contributed by atoms with Crippen LogP contribution >= 0.6 is 0 Å². The van der Waals surface area contributed by atoms with Gasteiger partial charge in [0.1, 0.15) is 6.04 Å². The molecule has 8 heteroatoms. The average molecular weight is 310 g/mol. The van der Waals surface area contributed by atoms with Crippen LogP contribution in [0.25, 0.3) is 0 Å². The Hall–Kier alpha value is -2.22. The molecule has 122 valence electrons. The van der Waals surface area contributed by atoms with Gasteiger partial charge in [0, 0.05) is 13.1 Å². The molecule has 1 unspecified atom stereocenters. The number of Topliss-reactive ketones (excluding diaryl/α,β-unsaturated/α-hetero) is 1. The largest absolute Gasteiger partial charge is 0.347 e. The van der Waals surface area contributed by atoms with Crippen molar-refractivity contribution in [2.75, 3.05) is 26.2 Å². The fourth-order valence-electron chi connectivity index (χ4n) is 2.19. The van der Waals surface area contributed by atoms with Crippen LogP contribution in [0.1, 0.15) is 19.8 Å². The van der Waals surface area contributed by atoms with E-state index in [1.807, 2.05) is 0 Å². The number of amides is 3. The zero-order chi connectivity index (χ0) is 16.5. The molecule has 0 saturated carbocycles. The van der Waals surface area contributed by atoms with Crippen molar-refractivity contribution >= 4 is 23.5 Å². The van der Waals surface area contributed by atoms with E-state index in [2.05, 4.69) is 10.6 Å². The summed E-state index contributed by atoms with van der Waals surface area (Å²) < 4.78 is 0. The van der Waals surface area contributed by atoms with E-state index < -0.39 is 23.6 Å². The highest BCUT2D eigenvalue weighted by Gasteiger charge is 2.33. The minimum atomic E-state index is -0.750. The topological polar surface area (TPSA) is 122 Å². The first-order valence-corrected chi connectivity index (χ1v) is 7.20. The van der Waals surface area contributed by atoms with Crippen molar-refractivity contribution in [3.05, 3.63) is 12.2 Å². The van der Waals surface area contributed by atoms with Crippen LogP contribution in [0, 0.1) is 0 Å². The molecule has 0 radical (unpaired) electrons. The Bertz CT molecular complexity index is 475. The van der Waals surface area contributed by atoms with Gasteiger partial charge in [-0.05, 0) is 19.8 Å². The van der Waals surface area contributed by atoms with Crippen molar-refractivity contribution in [3.8, 4) is 0 Å². The molecule has 1 heterocycles. The Kier molecular flexibility index (Phi) is 7.24. The van der Waals surface area contributed by atoms with E-state index in [4.69, 9.17) is 5.73 Å². The lowest BCUT2D eigenvalue weighted by molar-refractivity contribution is -0.139. The van der Waals surface area contributed by atoms with Gasteiger partial charge in [0.25, 0.3) is 5.91 Å². The third-order valence-corrected chi connectivity index (χ3v) is 3.34. The summed E-state index contributed by atoms with van der Waals surface area (Å²) in [7, 11) is 0. The Morgan fingerprint density at radius 2 is 2.00 bits per heavy atom. The second-order valence-corrected chi connectivity index (χ2v) is 4.87. The number of carbonyl (C=O) groups excluding carboxylic acids is 4. The Labute approximate surface area is 129 Å². The maximum absolute atomic E-state index is 12.0. The molecule has 0 aromatic rings. The molecule has 0 aromatic heterocycles. The van der Waals surface area contributed by atoms with E-state index in [0.29, 0.717) is 19.4 Å². The van der Waals surface area contributed by atoms with Gasteiger partial charge in [0.2, 0.25) is 17.6 Å². The molecule has 1 saturated heterocycles. The van der Waals surface area contributed by atoms with Gasteiger partial charge in [-0.3, -0.25) is 19.2 Å². The SMILES string of the molecule is C/C=C/CNC(=O)C(=O)CNC(=O)C1CCCN1C(=O)CN. The molecular formula is C14H22N4O4. The van der Waals surface area contributed by atoms with Crippen LogP contribution in [0.5, 0.6) is 0 Å². The van der Waals surface area contributed by atoms with E-state index in [-0.39, 0.29) is 25.5 Å². The van der Waals surface area contributed by atoms with Crippen LogP contribution in [0.4, 0.5) is 0 Å². The number of nitrogens with zero attached hydrogens (tertiary/aromatic N) is 1. The molecule has 1 aliphatic rings. The van der Waals surface area contributed by atoms with Crippen molar-refractivity contribution in [3.63, 3.8) is 0 Å². The molecule has 0 bridgehead atoms. The number of likely N-dealkylation sites (tertiary alicyclic amines) is 1. The average Bonchev–Trinajstić information content (AvgIpc) is 3.01. The number of hydrogen-bond donors (Lipinski definition) is 3. The highest BCUT2D eigenvalue weighted by molar-refractivity contribution is 6.37. The molecule has 8 nitrogen and oxygen atoms in total. The summed E-state index contributed by atoms with van der Waals surface area (Å²) in [5, 5.41) is 4.81. The number of allylic oxidation sites excluding steroid dienone is 1. The Morgan fingerprint density at radius 1 is 1.27 bits per heavy atom. The monoisotopic (exact) mass is 310 g/mol. The summed E-state index contributed by atoms with van der Waals surface area (Å²) in [4.78, 5) is 48.1.